The number of amidine groups is 2. The molecule has 0 fully saturated rings. The van der Waals surface area contributed by atoms with E-state index in [4.69, 9.17) is 9.98 Å². The van der Waals surface area contributed by atoms with Gasteiger partial charge in [-0.05, 0) is 72.3 Å². The van der Waals surface area contributed by atoms with Crippen LogP contribution in [-0.4, -0.2) is 11.7 Å². The third kappa shape index (κ3) is 5.06. The van der Waals surface area contributed by atoms with Crippen molar-refractivity contribution in [1.29, 1.82) is 0 Å². The van der Waals surface area contributed by atoms with Gasteiger partial charge in [0.15, 0.2) is 6.17 Å². The van der Waals surface area contributed by atoms with Crippen LogP contribution in [0.1, 0.15) is 70.1 Å². The molecular weight excluding hydrogens is 703 g/mol. The summed E-state index contributed by atoms with van der Waals surface area (Å²) in [6, 6.07) is 72.5. The predicted octanol–water partition coefficient (Wildman–Crippen LogP) is 12.5. The van der Waals surface area contributed by atoms with Crippen molar-refractivity contribution in [2.75, 3.05) is 0 Å². The molecule has 1 heterocycles. The van der Waals surface area contributed by atoms with Gasteiger partial charge in [-0.25, -0.2) is 9.98 Å². The first-order chi connectivity index (χ1) is 28.5. The average molecular weight is 744 g/mol. The molecule has 2 aliphatic carbocycles. The van der Waals surface area contributed by atoms with Crippen molar-refractivity contribution in [2.24, 2.45) is 9.98 Å². The second-order valence-electron chi connectivity index (χ2n) is 16.1. The maximum Gasteiger partial charge on any atom is 0.169 e. The van der Waals surface area contributed by atoms with Gasteiger partial charge in [0.1, 0.15) is 11.7 Å². The lowest BCUT2D eigenvalue weighted by Gasteiger charge is -2.46. The molecule has 0 saturated carbocycles. The molecule has 1 N–H and O–H groups in total. The lowest BCUT2D eigenvalue weighted by atomic mass is 9.55. The molecule has 3 aliphatic rings. The van der Waals surface area contributed by atoms with E-state index in [1.54, 1.807) is 0 Å². The van der Waals surface area contributed by atoms with Crippen LogP contribution in [0.4, 0.5) is 0 Å². The van der Waals surface area contributed by atoms with Crippen molar-refractivity contribution < 1.29 is 0 Å². The van der Waals surface area contributed by atoms with Gasteiger partial charge < -0.3 is 5.32 Å². The van der Waals surface area contributed by atoms with Crippen molar-refractivity contribution in [2.45, 2.75) is 30.8 Å². The Morgan fingerprint density at radius 1 is 0.362 bits per heavy atom. The Morgan fingerprint density at radius 2 is 0.810 bits per heavy atom. The minimum absolute atomic E-state index is 0.157. The summed E-state index contributed by atoms with van der Waals surface area (Å²) in [5.41, 5.74) is 17.7. The summed E-state index contributed by atoms with van der Waals surface area (Å²) in [5, 5.41) is 3.75. The molecule has 0 radical (unpaired) electrons. The molecule has 8 aromatic rings. The quantitative estimate of drug-likeness (QED) is 0.187. The Balaban J connectivity index is 1.09. The molecule has 11 rings (SSSR count). The van der Waals surface area contributed by atoms with E-state index in [1.807, 2.05) is 6.07 Å². The zero-order chi connectivity index (χ0) is 38.8. The SMILES string of the molecule is CC1(C)c2ccccc2C2(c3ccccc3-c3c(C4=NC(c5ccc(-c6ccccc6-c6ccccc6)cc5)N=C(c5ccccc5)N4)cccc32)c2ccccc21. The zero-order valence-electron chi connectivity index (χ0n) is 32.5. The van der Waals surface area contributed by atoms with E-state index in [1.165, 1.54) is 61.2 Å². The highest BCUT2D eigenvalue weighted by atomic mass is 15.2. The molecule has 0 bridgehead atoms. The molecule has 1 atom stereocenters. The van der Waals surface area contributed by atoms with Gasteiger partial charge in [-0.3, -0.25) is 0 Å². The third-order valence-corrected chi connectivity index (χ3v) is 12.7. The monoisotopic (exact) mass is 743 g/mol. The summed E-state index contributed by atoms with van der Waals surface area (Å²) in [6.45, 7) is 4.74. The molecule has 8 aromatic carbocycles. The van der Waals surface area contributed by atoms with E-state index in [9.17, 15) is 0 Å². The van der Waals surface area contributed by atoms with Crippen LogP contribution < -0.4 is 5.32 Å². The predicted molar refractivity (Wildman–Crippen MR) is 239 cm³/mol. The highest BCUT2D eigenvalue weighted by molar-refractivity contribution is 6.18. The van der Waals surface area contributed by atoms with Gasteiger partial charge in [0, 0.05) is 16.5 Å². The number of rotatable bonds is 5. The Bertz CT molecular complexity index is 2890. The molecule has 1 unspecified atom stereocenters. The van der Waals surface area contributed by atoms with Gasteiger partial charge in [-0.1, -0.05) is 214 Å². The standard InChI is InChI=1S/C55H41N3/c1-54(2)45-27-13-15-29-47(45)55(48-30-16-14-28-46(48)54)44-26-12-11-24-42(44)50-43(25-17-31-49(50)55)53-57-51(38-20-7-4-8-21-38)56-52(58-53)39-34-32-37(33-35-39)41-23-10-9-22-40(41)36-18-5-3-6-19-36/h3-35,52H,1-2H3,(H,56,57,58). The molecule has 0 aromatic heterocycles. The molecule has 0 amide bonds. The molecular formula is C55H41N3. The Morgan fingerprint density at radius 3 is 1.43 bits per heavy atom. The summed E-state index contributed by atoms with van der Waals surface area (Å²) in [5.74, 6) is 1.63. The Kier molecular flexibility index (Phi) is 7.81. The summed E-state index contributed by atoms with van der Waals surface area (Å²) < 4.78 is 0. The second kappa shape index (κ2) is 13.2. The lowest BCUT2D eigenvalue weighted by molar-refractivity contribution is 0.563. The minimum Gasteiger partial charge on any atom is -0.324 e. The van der Waals surface area contributed by atoms with Crippen molar-refractivity contribution in [3.8, 4) is 33.4 Å². The number of aliphatic imine (C=N–C) groups is 2. The van der Waals surface area contributed by atoms with Crippen LogP contribution in [-0.2, 0) is 10.8 Å². The van der Waals surface area contributed by atoms with Gasteiger partial charge in [0.25, 0.3) is 0 Å². The van der Waals surface area contributed by atoms with Crippen LogP contribution in [0.3, 0.4) is 0 Å². The number of hydrogen-bond donors (Lipinski definition) is 1. The fourth-order valence-electron chi connectivity index (χ4n) is 10.0. The van der Waals surface area contributed by atoms with Gasteiger partial charge in [-0.15, -0.1) is 0 Å². The first-order valence-corrected chi connectivity index (χ1v) is 20.2. The highest BCUT2D eigenvalue weighted by Crippen LogP contribution is 2.62. The fourth-order valence-corrected chi connectivity index (χ4v) is 10.0. The van der Waals surface area contributed by atoms with Crippen molar-refractivity contribution >= 4 is 11.7 Å². The third-order valence-electron chi connectivity index (χ3n) is 12.7. The topological polar surface area (TPSA) is 36.8 Å². The second-order valence-corrected chi connectivity index (χ2v) is 16.1. The fraction of sp³-hybridized carbons (Fsp3) is 0.0909. The van der Waals surface area contributed by atoms with E-state index in [0.29, 0.717) is 0 Å². The molecule has 1 aliphatic heterocycles. The highest BCUT2D eigenvalue weighted by Gasteiger charge is 2.53. The normalized spacial score (nSPS) is 16.6. The van der Waals surface area contributed by atoms with Crippen LogP contribution in [0.5, 0.6) is 0 Å². The van der Waals surface area contributed by atoms with Gasteiger partial charge in [0.05, 0.1) is 5.41 Å². The maximum absolute atomic E-state index is 5.48. The number of nitrogens with zero attached hydrogens (tertiary/aromatic N) is 2. The first-order valence-electron chi connectivity index (χ1n) is 20.2. The van der Waals surface area contributed by atoms with E-state index in [2.05, 4.69) is 213 Å². The summed E-state index contributed by atoms with van der Waals surface area (Å²) in [6.07, 6.45) is -0.441. The van der Waals surface area contributed by atoms with Gasteiger partial charge >= 0.3 is 0 Å². The van der Waals surface area contributed by atoms with E-state index in [0.717, 1.165) is 33.9 Å². The van der Waals surface area contributed by atoms with Crippen LogP contribution in [0.2, 0.25) is 0 Å². The number of hydrogen-bond acceptors (Lipinski definition) is 3. The smallest absolute Gasteiger partial charge is 0.169 e. The molecule has 0 saturated heterocycles. The van der Waals surface area contributed by atoms with Gasteiger partial charge in [-0.2, -0.15) is 0 Å². The first kappa shape index (κ1) is 34.2. The summed E-state index contributed by atoms with van der Waals surface area (Å²) >= 11 is 0. The van der Waals surface area contributed by atoms with Crippen LogP contribution in [0.15, 0.2) is 210 Å². The Labute approximate surface area is 340 Å². The minimum atomic E-state index is -0.485. The Hall–Kier alpha value is -7.10. The number of fused-ring (bicyclic) bond motifs is 9. The largest absolute Gasteiger partial charge is 0.324 e. The molecule has 276 valence electrons. The molecule has 3 nitrogen and oxygen atoms in total. The zero-order valence-corrected chi connectivity index (χ0v) is 32.5. The van der Waals surface area contributed by atoms with Crippen molar-refractivity contribution in [3.63, 3.8) is 0 Å². The average Bonchev–Trinajstić information content (AvgIpc) is 3.60. The lowest BCUT2D eigenvalue weighted by Crippen LogP contribution is -2.40. The maximum atomic E-state index is 5.48. The van der Waals surface area contributed by atoms with E-state index in [-0.39, 0.29) is 5.41 Å². The van der Waals surface area contributed by atoms with E-state index >= 15 is 0 Å². The van der Waals surface area contributed by atoms with Crippen molar-refractivity contribution in [1.82, 2.24) is 5.32 Å². The van der Waals surface area contributed by atoms with E-state index < -0.39 is 11.6 Å². The molecule has 58 heavy (non-hydrogen) atoms. The summed E-state index contributed by atoms with van der Waals surface area (Å²) in [4.78, 5) is 10.8. The number of nitrogens with one attached hydrogen (secondary N) is 1. The molecule has 3 heteroatoms. The van der Waals surface area contributed by atoms with Crippen molar-refractivity contribution in [3.05, 3.63) is 250 Å². The van der Waals surface area contributed by atoms with Crippen LogP contribution >= 0.6 is 0 Å². The van der Waals surface area contributed by atoms with Crippen LogP contribution in [0.25, 0.3) is 33.4 Å². The van der Waals surface area contributed by atoms with Crippen LogP contribution in [0, 0.1) is 0 Å². The van der Waals surface area contributed by atoms with Gasteiger partial charge in [0.2, 0.25) is 0 Å². The summed E-state index contributed by atoms with van der Waals surface area (Å²) in [7, 11) is 0. The molecule has 1 spiro atoms. The number of benzene rings is 8.